The summed E-state index contributed by atoms with van der Waals surface area (Å²) in [6.07, 6.45) is 1.07. The first kappa shape index (κ1) is 16.5. The number of carbonyl (C=O) groups excluding carboxylic acids is 3. The highest BCUT2D eigenvalue weighted by Gasteiger charge is 2.36. The highest BCUT2D eigenvalue weighted by atomic mass is 16.6. The molecule has 20 heavy (non-hydrogen) atoms. The first-order chi connectivity index (χ1) is 9.24. The first-order valence-corrected chi connectivity index (χ1v) is 6.84. The lowest BCUT2D eigenvalue weighted by molar-refractivity contribution is -0.142. The van der Waals surface area contributed by atoms with Crippen molar-refractivity contribution in [2.45, 2.75) is 58.1 Å². The zero-order chi connectivity index (χ0) is 15.3. The Balaban J connectivity index is 2.58. The van der Waals surface area contributed by atoms with Gasteiger partial charge in [-0.05, 0) is 33.6 Å². The second-order valence-corrected chi connectivity index (χ2v) is 5.87. The van der Waals surface area contributed by atoms with Crippen LogP contribution in [0.25, 0.3) is 0 Å². The molecule has 1 rings (SSSR count). The van der Waals surface area contributed by atoms with Gasteiger partial charge in [0.25, 0.3) is 0 Å². The summed E-state index contributed by atoms with van der Waals surface area (Å²) in [5, 5.41) is 0. The number of nitrogens with zero attached hydrogens (tertiary/aromatic N) is 1. The molecule has 0 radical (unpaired) electrons. The molecule has 0 saturated carbocycles. The quantitative estimate of drug-likeness (QED) is 0.738. The van der Waals surface area contributed by atoms with Crippen LogP contribution in [0.5, 0.6) is 0 Å². The van der Waals surface area contributed by atoms with E-state index in [1.54, 1.807) is 20.8 Å². The fraction of sp³-hybridized carbons (Fsp3) is 0.786. The van der Waals surface area contributed by atoms with E-state index >= 15 is 0 Å². The molecule has 0 aromatic rings. The molecule has 0 bridgehead atoms. The van der Waals surface area contributed by atoms with E-state index < -0.39 is 23.7 Å². The van der Waals surface area contributed by atoms with Crippen LogP contribution >= 0.6 is 0 Å². The van der Waals surface area contributed by atoms with Crippen molar-refractivity contribution in [3.05, 3.63) is 0 Å². The van der Waals surface area contributed by atoms with E-state index in [2.05, 4.69) is 4.74 Å². The summed E-state index contributed by atoms with van der Waals surface area (Å²) in [6, 6.07) is -0.477. The van der Waals surface area contributed by atoms with Gasteiger partial charge in [-0.25, -0.2) is 4.79 Å². The Hall–Kier alpha value is -1.59. The molecule has 1 heterocycles. The molecule has 0 unspecified atom stereocenters. The average Bonchev–Trinajstić information content (AvgIpc) is 2.82. The molecule has 0 aliphatic carbocycles. The van der Waals surface area contributed by atoms with Gasteiger partial charge in [-0.1, -0.05) is 0 Å². The van der Waals surface area contributed by atoms with Crippen LogP contribution < -0.4 is 0 Å². The summed E-state index contributed by atoms with van der Waals surface area (Å²) in [7, 11) is 1.29. The van der Waals surface area contributed by atoms with Crippen LogP contribution in [0.1, 0.15) is 46.5 Å². The molecule has 1 aliphatic heterocycles. The minimum Gasteiger partial charge on any atom is -0.469 e. The number of ketones is 1. The normalized spacial score (nSPS) is 18.8. The lowest BCUT2D eigenvalue weighted by Crippen LogP contribution is -2.43. The van der Waals surface area contributed by atoms with Crippen LogP contribution in [0.4, 0.5) is 4.79 Å². The van der Waals surface area contributed by atoms with Crippen molar-refractivity contribution in [3.63, 3.8) is 0 Å². The number of likely N-dealkylation sites (tertiary alicyclic amines) is 1. The smallest absolute Gasteiger partial charge is 0.410 e. The zero-order valence-electron chi connectivity index (χ0n) is 12.6. The maximum atomic E-state index is 12.1. The molecule has 1 aliphatic rings. The molecular formula is C14H23NO5. The molecule has 1 fully saturated rings. The number of esters is 1. The Kier molecular flexibility index (Phi) is 5.53. The van der Waals surface area contributed by atoms with Crippen LogP contribution in [0.2, 0.25) is 0 Å². The molecule has 6 heteroatoms. The number of methoxy groups -OCH3 is 1. The van der Waals surface area contributed by atoms with Crippen molar-refractivity contribution >= 4 is 17.8 Å². The molecule has 1 atom stereocenters. The summed E-state index contributed by atoms with van der Waals surface area (Å²) in [4.78, 5) is 36.6. The SMILES string of the molecule is COC(=O)CCC(=O)[C@H]1CCCN1C(=O)OC(C)(C)C. The summed E-state index contributed by atoms with van der Waals surface area (Å²) in [6.45, 7) is 5.88. The summed E-state index contributed by atoms with van der Waals surface area (Å²) in [5.74, 6) is -0.529. The van der Waals surface area contributed by atoms with E-state index in [0.29, 0.717) is 13.0 Å². The Morgan fingerprint density at radius 3 is 2.40 bits per heavy atom. The van der Waals surface area contributed by atoms with Gasteiger partial charge in [0.1, 0.15) is 5.60 Å². The standard InChI is InChI=1S/C14H23NO5/c1-14(2,3)20-13(18)15-9-5-6-10(15)11(16)7-8-12(17)19-4/h10H,5-9H2,1-4H3/t10-/m1/s1. The second kappa shape index (κ2) is 6.72. The van der Waals surface area contributed by atoms with Crippen molar-refractivity contribution in [1.82, 2.24) is 4.90 Å². The van der Waals surface area contributed by atoms with Crippen molar-refractivity contribution in [2.75, 3.05) is 13.7 Å². The topological polar surface area (TPSA) is 72.9 Å². The van der Waals surface area contributed by atoms with Crippen molar-refractivity contribution in [1.29, 1.82) is 0 Å². The molecule has 0 aromatic carbocycles. The third kappa shape index (κ3) is 4.83. The van der Waals surface area contributed by atoms with Crippen LogP contribution in [0.15, 0.2) is 0 Å². The lowest BCUT2D eigenvalue weighted by Gasteiger charge is -2.27. The minimum absolute atomic E-state index is 0.0496. The Morgan fingerprint density at radius 2 is 1.85 bits per heavy atom. The van der Waals surface area contributed by atoms with E-state index in [9.17, 15) is 14.4 Å². The number of hydrogen-bond donors (Lipinski definition) is 0. The molecular weight excluding hydrogens is 262 g/mol. The third-order valence-electron chi connectivity index (χ3n) is 3.06. The summed E-state index contributed by atoms with van der Waals surface area (Å²) < 4.78 is 9.80. The van der Waals surface area contributed by atoms with Gasteiger partial charge in [0.15, 0.2) is 5.78 Å². The maximum absolute atomic E-state index is 12.1. The number of rotatable bonds is 4. The molecule has 0 aromatic heterocycles. The largest absolute Gasteiger partial charge is 0.469 e. The van der Waals surface area contributed by atoms with Crippen molar-refractivity contribution < 1.29 is 23.9 Å². The molecule has 1 saturated heterocycles. The molecule has 1 amide bonds. The van der Waals surface area contributed by atoms with Crippen LogP contribution in [-0.4, -0.2) is 48.0 Å². The van der Waals surface area contributed by atoms with Gasteiger partial charge in [0.05, 0.1) is 19.6 Å². The highest BCUT2D eigenvalue weighted by Crippen LogP contribution is 2.22. The van der Waals surface area contributed by atoms with Gasteiger partial charge in [-0.15, -0.1) is 0 Å². The number of ether oxygens (including phenoxy) is 2. The van der Waals surface area contributed by atoms with Gasteiger partial charge < -0.3 is 9.47 Å². The minimum atomic E-state index is -0.584. The molecule has 0 N–H and O–H groups in total. The van der Waals surface area contributed by atoms with E-state index in [1.165, 1.54) is 12.0 Å². The lowest BCUT2D eigenvalue weighted by atomic mass is 10.1. The molecule has 114 valence electrons. The van der Waals surface area contributed by atoms with E-state index in [0.717, 1.165) is 6.42 Å². The predicted octanol–water partition coefficient (Wildman–Crippen LogP) is 1.91. The number of Topliss-reactive ketones (excluding diaryl/α,β-unsaturated/α-hetero) is 1. The second-order valence-electron chi connectivity index (χ2n) is 5.87. The van der Waals surface area contributed by atoms with E-state index in [-0.39, 0.29) is 18.6 Å². The Morgan fingerprint density at radius 1 is 1.20 bits per heavy atom. The Labute approximate surface area is 119 Å². The van der Waals surface area contributed by atoms with Gasteiger partial charge >= 0.3 is 12.1 Å². The van der Waals surface area contributed by atoms with Gasteiger partial charge in [-0.3, -0.25) is 14.5 Å². The number of hydrogen-bond acceptors (Lipinski definition) is 5. The summed E-state index contributed by atoms with van der Waals surface area (Å²) in [5.41, 5.74) is -0.584. The first-order valence-electron chi connectivity index (χ1n) is 6.84. The number of carbonyl (C=O) groups is 3. The van der Waals surface area contributed by atoms with Crippen molar-refractivity contribution in [3.8, 4) is 0 Å². The van der Waals surface area contributed by atoms with Crippen LogP contribution in [0, 0.1) is 0 Å². The fourth-order valence-electron chi connectivity index (χ4n) is 2.13. The van der Waals surface area contributed by atoms with Gasteiger partial charge in [-0.2, -0.15) is 0 Å². The van der Waals surface area contributed by atoms with Gasteiger partial charge in [0, 0.05) is 13.0 Å². The summed E-state index contributed by atoms with van der Waals surface area (Å²) >= 11 is 0. The fourth-order valence-corrected chi connectivity index (χ4v) is 2.13. The van der Waals surface area contributed by atoms with Crippen LogP contribution in [0.3, 0.4) is 0 Å². The van der Waals surface area contributed by atoms with Crippen molar-refractivity contribution in [2.24, 2.45) is 0 Å². The average molecular weight is 285 g/mol. The van der Waals surface area contributed by atoms with Crippen LogP contribution in [-0.2, 0) is 19.1 Å². The molecule has 0 spiro atoms. The van der Waals surface area contributed by atoms with Gasteiger partial charge in [0.2, 0.25) is 0 Å². The monoisotopic (exact) mass is 285 g/mol. The van der Waals surface area contributed by atoms with E-state index in [1.807, 2.05) is 0 Å². The van der Waals surface area contributed by atoms with E-state index in [4.69, 9.17) is 4.74 Å². The predicted molar refractivity (Wildman–Crippen MR) is 72.2 cm³/mol. The maximum Gasteiger partial charge on any atom is 0.410 e. The highest BCUT2D eigenvalue weighted by molar-refractivity contribution is 5.90. The third-order valence-corrected chi connectivity index (χ3v) is 3.06. The zero-order valence-corrected chi connectivity index (χ0v) is 12.6. The molecule has 6 nitrogen and oxygen atoms in total. The number of amides is 1. The Bertz CT molecular complexity index is 386.